The summed E-state index contributed by atoms with van der Waals surface area (Å²) in [6.45, 7) is 1.51. The van der Waals surface area contributed by atoms with Crippen molar-refractivity contribution >= 4 is 11.5 Å². The molecular weight excluding hydrogens is 148 g/mol. The molecule has 0 aliphatic rings. The quantitative estimate of drug-likeness (QED) is 0.595. The molecule has 4 heteroatoms. The molecule has 0 bridgehead atoms. The van der Waals surface area contributed by atoms with E-state index in [1.165, 1.54) is 13.3 Å². The number of aromatic nitrogens is 2. The Morgan fingerprint density at radius 1 is 1.90 bits per heavy atom. The molecule has 52 valence electrons. The third kappa shape index (κ3) is 1.15. The molecule has 0 aliphatic heterocycles. The average molecular weight is 154 g/mol. The maximum atomic E-state index is 9.36. The molecule has 0 aliphatic carbocycles. The number of rotatable bonds is 1. The van der Waals surface area contributed by atoms with Gasteiger partial charge >= 0.3 is 0 Å². The fourth-order valence-electron chi connectivity index (χ4n) is 0.449. The van der Waals surface area contributed by atoms with E-state index in [0.717, 1.165) is 11.5 Å². The van der Waals surface area contributed by atoms with Gasteiger partial charge in [-0.25, -0.2) is 4.98 Å². The third-order valence-corrected chi connectivity index (χ3v) is 1.93. The second kappa shape index (κ2) is 2.37. The van der Waals surface area contributed by atoms with E-state index in [0.29, 0.717) is 5.01 Å². The van der Waals surface area contributed by atoms with Crippen LogP contribution in [0.2, 0.25) is 0 Å². The minimum atomic E-state index is -1.26. The highest BCUT2D eigenvalue weighted by Crippen LogP contribution is 2.18. The Morgan fingerprint density at radius 2 is 2.60 bits per heavy atom. The highest BCUT2D eigenvalue weighted by Gasteiger charge is 2.22. The number of hydrogen-bond donors (Lipinski definition) is 1. The molecule has 0 aromatic carbocycles. The second-order valence-corrected chi connectivity index (χ2v) is 2.74. The van der Waals surface area contributed by atoms with Crippen molar-refractivity contribution in [2.24, 2.45) is 0 Å². The first-order valence-corrected chi connectivity index (χ1v) is 3.41. The SMILES string of the molecule is C#CC(C)(O)c1ncns1. The van der Waals surface area contributed by atoms with Crippen molar-refractivity contribution in [2.75, 3.05) is 0 Å². The van der Waals surface area contributed by atoms with Gasteiger partial charge in [-0.2, -0.15) is 4.37 Å². The first kappa shape index (κ1) is 7.19. The van der Waals surface area contributed by atoms with Crippen molar-refractivity contribution in [3.05, 3.63) is 11.3 Å². The summed E-state index contributed by atoms with van der Waals surface area (Å²) >= 11 is 1.10. The summed E-state index contributed by atoms with van der Waals surface area (Å²) in [6.07, 6.45) is 6.40. The van der Waals surface area contributed by atoms with Gasteiger partial charge in [-0.1, -0.05) is 5.92 Å². The maximum absolute atomic E-state index is 9.36. The van der Waals surface area contributed by atoms with Crippen molar-refractivity contribution in [2.45, 2.75) is 12.5 Å². The summed E-state index contributed by atoms with van der Waals surface area (Å²) in [7, 11) is 0. The van der Waals surface area contributed by atoms with Crippen LogP contribution in [0.3, 0.4) is 0 Å². The molecule has 10 heavy (non-hydrogen) atoms. The van der Waals surface area contributed by atoms with Crippen LogP contribution < -0.4 is 0 Å². The van der Waals surface area contributed by atoms with Crippen LogP contribution in [0.15, 0.2) is 6.33 Å². The van der Waals surface area contributed by atoms with E-state index >= 15 is 0 Å². The van der Waals surface area contributed by atoms with Gasteiger partial charge in [-0.3, -0.25) is 0 Å². The Kier molecular flexibility index (Phi) is 1.70. The summed E-state index contributed by atoms with van der Waals surface area (Å²) < 4.78 is 3.71. The zero-order valence-electron chi connectivity index (χ0n) is 5.40. The zero-order valence-corrected chi connectivity index (χ0v) is 6.22. The summed E-state index contributed by atoms with van der Waals surface area (Å²) in [5, 5.41) is 9.81. The number of hydrogen-bond acceptors (Lipinski definition) is 4. The molecule has 0 fully saturated rings. The maximum Gasteiger partial charge on any atom is 0.175 e. The molecule has 1 rings (SSSR count). The first-order chi connectivity index (χ1) is 4.67. The molecule has 3 nitrogen and oxygen atoms in total. The molecule has 1 atom stereocenters. The predicted octanol–water partition coefficient (Wildman–Crippen LogP) is 0.379. The van der Waals surface area contributed by atoms with Gasteiger partial charge in [0.1, 0.15) is 6.33 Å². The van der Waals surface area contributed by atoms with Crippen LogP contribution in [-0.4, -0.2) is 14.5 Å². The summed E-state index contributed by atoms with van der Waals surface area (Å²) in [4.78, 5) is 3.77. The number of aliphatic hydroxyl groups is 1. The number of nitrogens with zero attached hydrogens (tertiary/aromatic N) is 2. The van der Waals surface area contributed by atoms with Crippen LogP contribution >= 0.6 is 11.5 Å². The van der Waals surface area contributed by atoms with Gasteiger partial charge < -0.3 is 5.11 Å². The van der Waals surface area contributed by atoms with Gasteiger partial charge in [0, 0.05) is 0 Å². The van der Waals surface area contributed by atoms with Gasteiger partial charge in [0.25, 0.3) is 0 Å². The molecule has 0 spiro atoms. The topological polar surface area (TPSA) is 46.0 Å². The predicted molar refractivity (Wildman–Crippen MR) is 38.3 cm³/mol. The fourth-order valence-corrected chi connectivity index (χ4v) is 0.974. The van der Waals surface area contributed by atoms with E-state index in [-0.39, 0.29) is 0 Å². The lowest BCUT2D eigenvalue weighted by Gasteiger charge is -2.09. The smallest absolute Gasteiger partial charge is 0.175 e. The van der Waals surface area contributed by atoms with Gasteiger partial charge in [0.15, 0.2) is 10.6 Å². The Hall–Kier alpha value is -0.920. The highest BCUT2D eigenvalue weighted by atomic mass is 32.1. The van der Waals surface area contributed by atoms with E-state index in [2.05, 4.69) is 15.3 Å². The highest BCUT2D eigenvalue weighted by molar-refractivity contribution is 7.05. The Bertz CT molecular complexity index is 247. The Labute approximate surface area is 62.9 Å². The lowest BCUT2D eigenvalue weighted by Crippen LogP contribution is -2.17. The second-order valence-electron chi connectivity index (χ2n) is 1.96. The standard InChI is InChI=1S/C6H6N2OS/c1-3-6(2,9)5-7-4-8-10-5/h1,4,9H,2H3. The summed E-state index contributed by atoms with van der Waals surface area (Å²) in [6, 6.07) is 0. The van der Waals surface area contributed by atoms with Crippen LogP contribution in [0.1, 0.15) is 11.9 Å². The molecule has 1 heterocycles. The molecule has 1 unspecified atom stereocenters. The molecule has 1 aromatic rings. The molecule has 1 N–H and O–H groups in total. The molecule has 0 saturated carbocycles. The Morgan fingerprint density at radius 3 is 3.00 bits per heavy atom. The van der Waals surface area contributed by atoms with E-state index in [1.807, 2.05) is 0 Å². The van der Waals surface area contributed by atoms with E-state index in [4.69, 9.17) is 6.42 Å². The van der Waals surface area contributed by atoms with Crippen LogP contribution in [0.5, 0.6) is 0 Å². The van der Waals surface area contributed by atoms with E-state index < -0.39 is 5.60 Å². The monoisotopic (exact) mass is 154 g/mol. The molecule has 0 radical (unpaired) electrons. The van der Waals surface area contributed by atoms with Crippen LogP contribution in [0.4, 0.5) is 0 Å². The normalized spacial score (nSPS) is 15.7. The van der Waals surface area contributed by atoms with Crippen molar-refractivity contribution in [3.8, 4) is 12.3 Å². The van der Waals surface area contributed by atoms with E-state index in [9.17, 15) is 5.11 Å². The Balaban J connectivity index is 2.99. The summed E-state index contributed by atoms with van der Waals surface area (Å²) in [5.74, 6) is 2.21. The van der Waals surface area contributed by atoms with Crippen LogP contribution in [0, 0.1) is 12.3 Å². The largest absolute Gasteiger partial charge is 0.371 e. The first-order valence-electron chi connectivity index (χ1n) is 2.64. The average Bonchev–Trinajstić information content (AvgIpc) is 2.38. The minimum Gasteiger partial charge on any atom is -0.371 e. The molecular formula is C6H6N2OS. The van der Waals surface area contributed by atoms with Crippen molar-refractivity contribution in [1.29, 1.82) is 0 Å². The van der Waals surface area contributed by atoms with Gasteiger partial charge in [0.2, 0.25) is 0 Å². The molecule has 1 aromatic heterocycles. The van der Waals surface area contributed by atoms with Crippen molar-refractivity contribution < 1.29 is 5.11 Å². The lowest BCUT2D eigenvalue weighted by atomic mass is 10.1. The van der Waals surface area contributed by atoms with Crippen molar-refractivity contribution in [3.63, 3.8) is 0 Å². The number of terminal acetylenes is 1. The van der Waals surface area contributed by atoms with Gasteiger partial charge in [0.05, 0.1) is 0 Å². The van der Waals surface area contributed by atoms with Crippen molar-refractivity contribution in [1.82, 2.24) is 9.36 Å². The van der Waals surface area contributed by atoms with Gasteiger partial charge in [-0.15, -0.1) is 6.42 Å². The third-order valence-electron chi connectivity index (χ3n) is 1.06. The van der Waals surface area contributed by atoms with Crippen LogP contribution in [0.25, 0.3) is 0 Å². The van der Waals surface area contributed by atoms with E-state index in [1.54, 1.807) is 0 Å². The zero-order chi connectivity index (χ0) is 7.61. The van der Waals surface area contributed by atoms with Crippen LogP contribution in [-0.2, 0) is 5.60 Å². The summed E-state index contributed by atoms with van der Waals surface area (Å²) in [5.41, 5.74) is -1.26. The van der Waals surface area contributed by atoms with Gasteiger partial charge in [-0.05, 0) is 18.5 Å². The fraction of sp³-hybridized carbons (Fsp3) is 0.333. The molecule has 0 amide bonds. The minimum absolute atomic E-state index is 0.454. The lowest BCUT2D eigenvalue weighted by molar-refractivity contribution is 0.122. The molecule has 0 saturated heterocycles.